The van der Waals surface area contributed by atoms with Gasteiger partial charge in [-0.25, -0.2) is 4.79 Å². The number of hydrogen-bond acceptors (Lipinski definition) is 3. The Labute approximate surface area is 81.8 Å². The van der Waals surface area contributed by atoms with Crippen LogP contribution >= 0.6 is 0 Å². The molecule has 0 atom stereocenters. The number of nitrogens with one attached hydrogen (secondary N) is 1. The normalized spacial score (nSPS) is 9.14. The monoisotopic (exact) mass is 193 g/mol. The standard InChI is InChI=1S/C10H11NO3/c1-2-7-14-10(13)11-8-3-5-9(12)6-4-8/h2-6,12H,1,7H2,(H,11,13). The van der Waals surface area contributed by atoms with Crippen LogP contribution in [0.3, 0.4) is 0 Å². The Kier molecular flexibility index (Phi) is 3.55. The van der Waals surface area contributed by atoms with E-state index in [4.69, 9.17) is 9.84 Å². The van der Waals surface area contributed by atoms with E-state index in [1.165, 1.54) is 18.2 Å². The molecule has 0 aromatic heterocycles. The van der Waals surface area contributed by atoms with E-state index in [9.17, 15) is 4.79 Å². The molecule has 0 saturated heterocycles. The Morgan fingerprint density at radius 3 is 2.71 bits per heavy atom. The summed E-state index contributed by atoms with van der Waals surface area (Å²) >= 11 is 0. The summed E-state index contributed by atoms with van der Waals surface area (Å²) in [6.07, 6.45) is 0.937. The maximum absolute atomic E-state index is 11.0. The summed E-state index contributed by atoms with van der Waals surface area (Å²) in [5.41, 5.74) is 0.567. The molecule has 4 heteroatoms. The highest BCUT2D eigenvalue weighted by molar-refractivity contribution is 5.84. The van der Waals surface area contributed by atoms with Gasteiger partial charge in [-0.15, -0.1) is 0 Å². The third-order valence-corrected chi connectivity index (χ3v) is 1.45. The molecule has 1 amide bonds. The first-order valence-electron chi connectivity index (χ1n) is 4.06. The fourth-order valence-electron chi connectivity index (χ4n) is 0.833. The largest absolute Gasteiger partial charge is 0.508 e. The van der Waals surface area contributed by atoms with E-state index in [1.807, 2.05) is 0 Å². The number of carbonyl (C=O) groups is 1. The Balaban J connectivity index is 2.47. The molecule has 0 unspecified atom stereocenters. The van der Waals surface area contributed by atoms with Crippen LogP contribution in [0.4, 0.5) is 10.5 Å². The van der Waals surface area contributed by atoms with Gasteiger partial charge in [0.05, 0.1) is 0 Å². The van der Waals surface area contributed by atoms with E-state index in [-0.39, 0.29) is 12.4 Å². The maximum atomic E-state index is 11.0. The maximum Gasteiger partial charge on any atom is 0.411 e. The van der Waals surface area contributed by atoms with Crippen molar-refractivity contribution in [3.05, 3.63) is 36.9 Å². The van der Waals surface area contributed by atoms with Crippen molar-refractivity contribution in [1.29, 1.82) is 0 Å². The number of phenols is 1. The van der Waals surface area contributed by atoms with Crippen molar-refractivity contribution in [2.75, 3.05) is 11.9 Å². The zero-order valence-electron chi connectivity index (χ0n) is 7.56. The van der Waals surface area contributed by atoms with Gasteiger partial charge < -0.3 is 9.84 Å². The van der Waals surface area contributed by atoms with Gasteiger partial charge in [0.1, 0.15) is 12.4 Å². The van der Waals surface area contributed by atoms with Crippen LogP contribution in [0.5, 0.6) is 5.75 Å². The topological polar surface area (TPSA) is 58.6 Å². The number of ether oxygens (including phenoxy) is 1. The minimum atomic E-state index is -0.546. The second-order valence-electron chi connectivity index (χ2n) is 2.56. The molecular weight excluding hydrogens is 182 g/mol. The third kappa shape index (κ3) is 3.18. The van der Waals surface area contributed by atoms with Crippen molar-refractivity contribution >= 4 is 11.8 Å². The highest BCUT2D eigenvalue weighted by Crippen LogP contribution is 2.13. The molecule has 0 saturated carbocycles. The van der Waals surface area contributed by atoms with Gasteiger partial charge in [-0.05, 0) is 24.3 Å². The minimum Gasteiger partial charge on any atom is -0.508 e. The molecule has 0 aliphatic heterocycles. The smallest absolute Gasteiger partial charge is 0.411 e. The Bertz CT molecular complexity index is 319. The van der Waals surface area contributed by atoms with Gasteiger partial charge >= 0.3 is 6.09 Å². The van der Waals surface area contributed by atoms with Crippen LogP contribution in [0.15, 0.2) is 36.9 Å². The molecule has 0 heterocycles. The van der Waals surface area contributed by atoms with E-state index in [1.54, 1.807) is 12.1 Å². The Morgan fingerprint density at radius 2 is 2.14 bits per heavy atom. The van der Waals surface area contributed by atoms with E-state index in [0.29, 0.717) is 5.69 Å². The number of phenolic OH excluding ortho intramolecular Hbond substituents is 1. The van der Waals surface area contributed by atoms with Crippen LogP contribution in [0.1, 0.15) is 0 Å². The van der Waals surface area contributed by atoms with Crippen molar-refractivity contribution < 1.29 is 14.6 Å². The van der Waals surface area contributed by atoms with Crippen LogP contribution in [0, 0.1) is 0 Å². The summed E-state index contributed by atoms with van der Waals surface area (Å²) in [6.45, 7) is 3.58. The first kappa shape index (κ1) is 10.1. The van der Waals surface area contributed by atoms with Crippen molar-refractivity contribution in [2.24, 2.45) is 0 Å². The zero-order valence-corrected chi connectivity index (χ0v) is 7.56. The molecular formula is C10H11NO3. The Morgan fingerprint density at radius 1 is 1.50 bits per heavy atom. The zero-order chi connectivity index (χ0) is 10.4. The fraction of sp³-hybridized carbons (Fsp3) is 0.100. The molecule has 0 bridgehead atoms. The molecule has 1 aromatic carbocycles. The van der Waals surface area contributed by atoms with Crippen LogP contribution in [-0.2, 0) is 4.74 Å². The van der Waals surface area contributed by atoms with Gasteiger partial charge in [0.25, 0.3) is 0 Å². The van der Waals surface area contributed by atoms with Crippen LogP contribution in [0.25, 0.3) is 0 Å². The summed E-state index contributed by atoms with van der Waals surface area (Å²) in [5, 5.41) is 11.5. The molecule has 14 heavy (non-hydrogen) atoms. The van der Waals surface area contributed by atoms with Gasteiger partial charge in [0.2, 0.25) is 0 Å². The molecule has 1 aromatic rings. The van der Waals surface area contributed by atoms with Crippen molar-refractivity contribution in [1.82, 2.24) is 0 Å². The predicted molar refractivity (Wildman–Crippen MR) is 53.3 cm³/mol. The highest BCUT2D eigenvalue weighted by Gasteiger charge is 2.00. The predicted octanol–water partition coefficient (Wildman–Crippen LogP) is 2.13. The van der Waals surface area contributed by atoms with Gasteiger partial charge in [0, 0.05) is 5.69 Å². The summed E-state index contributed by atoms with van der Waals surface area (Å²) in [7, 11) is 0. The molecule has 4 nitrogen and oxygen atoms in total. The number of aromatic hydroxyl groups is 1. The molecule has 1 rings (SSSR count). The van der Waals surface area contributed by atoms with Crippen molar-refractivity contribution in [2.45, 2.75) is 0 Å². The number of rotatable bonds is 3. The second kappa shape index (κ2) is 4.91. The van der Waals surface area contributed by atoms with Gasteiger partial charge in [-0.1, -0.05) is 12.7 Å². The van der Waals surface area contributed by atoms with E-state index in [2.05, 4.69) is 11.9 Å². The first-order chi connectivity index (χ1) is 6.72. The summed E-state index contributed by atoms with van der Waals surface area (Å²) < 4.78 is 4.69. The lowest BCUT2D eigenvalue weighted by molar-refractivity contribution is 0.174. The average molecular weight is 193 g/mol. The number of hydrogen-bond donors (Lipinski definition) is 2. The average Bonchev–Trinajstić information content (AvgIpc) is 2.18. The molecule has 74 valence electrons. The number of anilines is 1. The lowest BCUT2D eigenvalue weighted by Crippen LogP contribution is -2.13. The molecule has 0 fully saturated rings. The first-order valence-corrected chi connectivity index (χ1v) is 4.06. The van der Waals surface area contributed by atoms with E-state index < -0.39 is 6.09 Å². The van der Waals surface area contributed by atoms with Crippen molar-refractivity contribution in [3.8, 4) is 5.75 Å². The molecule has 0 aliphatic carbocycles. The quantitative estimate of drug-likeness (QED) is 0.571. The van der Waals surface area contributed by atoms with Crippen LogP contribution in [0.2, 0.25) is 0 Å². The SMILES string of the molecule is C=CCOC(=O)Nc1ccc(O)cc1. The van der Waals surface area contributed by atoms with Crippen LogP contribution in [-0.4, -0.2) is 17.8 Å². The van der Waals surface area contributed by atoms with E-state index in [0.717, 1.165) is 0 Å². The van der Waals surface area contributed by atoms with Crippen molar-refractivity contribution in [3.63, 3.8) is 0 Å². The van der Waals surface area contributed by atoms with Gasteiger partial charge in [-0.3, -0.25) is 5.32 Å². The van der Waals surface area contributed by atoms with Gasteiger partial charge in [-0.2, -0.15) is 0 Å². The number of benzene rings is 1. The summed E-state index contributed by atoms with van der Waals surface area (Å²) in [4.78, 5) is 11.0. The fourth-order valence-corrected chi connectivity index (χ4v) is 0.833. The Hall–Kier alpha value is -1.97. The molecule has 0 aliphatic rings. The van der Waals surface area contributed by atoms with E-state index >= 15 is 0 Å². The van der Waals surface area contributed by atoms with Crippen LogP contribution < -0.4 is 5.32 Å². The number of carbonyl (C=O) groups excluding carboxylic acids is 1. The summed E-state index contributed by atoms with van der Waals surface area (Å²) in [6, 6.07) is 6.10. The van der Waals surface area contributed by atoms with Gasteiger partial charge in [0.15, 0.2) is 0 Å². The number of amides is 1. The lowest BCUT2D eigenvalue weighted by Gasteiger charge is -2.04. The molecule has 0 radical (unpaired) electrons. The molecule has 0 spiro atoms. The third-order valence-electron chi connectivity index (χ3n) is 1.45. The second-order valence-corrected chi connectivity index (χ2v) is 2.56. The summed E-state index contributed by atoms with van der Waals surface area (Å²) in [5.74, 6) is 0.148. The minimum absolute atomic E-state index is 0.148. The lowest BCUT2D eigenvalue weighted by atomic mass is 10.3. The highest BCUT2D eigenvalue weighted by atomic mass is 16.5. The molecule has 2 N–H and O–H groups in total.